The molecule has 2 heterocycles. The Labute approximate surface area is 174 Å². The summed E-state index contributed by atoms with van der Waals surface area (Å²) in [5.74, 6) is 0.758. The fourth-order valence-corrected chi connectivity index (χ4v) is 4.43. The fraction of sp³-hybridized carbons (Fsp3) is 0.350. The van der Waals surface area contributed by atoms with Crippen LogP contribution in [-0.4, -0.2) is 41.6 Å². The number of hydrogen-bond donors (Lipinski definition) is 2. The molecular weight excluding hydrogens is 404 g/mol. The van der Waals surface area contributed by atoms with Crippen molar-refractivity contribution < 1.29 is 8.42 Å². The Kier molecular flexibility index (Phi) is 5.09. The number of rotatable bonds is 7. The second-order valence-electron chi connectivity index (χ2n) is 7.56. The first kappa shape index (κ1) is 20.1. The molecule has 1 saturated carbocycles. The topological polar surface area (TPSA) is 124 Å². The molecule has 0 unspecified atom stereocenters. The lowest BCUT2D eigenvalue weighted by Gasteiger charge is -2.14. The summed E-state index contributed by atoms with van der Waals surface area (Å²) in [5.41, 5.74) is 0.991. The molecule has 30 heavy (non-hydrogen) atoms. The maximum atomic E-state index is 12.5. The van der Waals surface area contributed by atoms with Gasteiger partial charge in [-0.05, 0) is 49.1 Å². The standard InChI is InChI=1S/C20H22N6O3S/c1-25(2)30(28,29)15-7-5-14(6-8-15)23-19-18-17(10-12-22-20(18)27)26(24-19)16(9-11-21)13-3-4-13/h5-8,10,12-13,16H,3-4,9H2,1-2H3,(H,22,27)(H,23,24)/t16-/m0/s1. The number of aromatic nitrogens is 3. The molecule has 1 aliphatic rings. The number of anilines is 2. The van der Waals surface area contributed by atoms with Gasteiger partial charge in [-0.25, -0.2) is 12.7 Å². The van der Waals surface area contributed by atoms with Gasteiger partial charge >= 0.3 is 0 Å². The molecule has 0 bridgehead atoms. The van der Waals surface area contributed by atoms with Gasteiger partial charge in [-0.2, -0.15) is 10.4 Å². The zero-order valence-corrected chi connectivity index (χ0v) is 17.5. The zero-order valence-electron chi connectivity index (χ0n) is 16.7. The highest BCUT2D eigenvalue weighted by Crippen LogP contribution is 2.42. The maximum absolute atomic E-state index is 12.5. The Bertz CT molecular complexity index is 1280. The van der Waals surface area contributed by atoms with Crippen molar-refractivity contribution >= 4 is 32.4 Å². The SMILES string of the molecule is CN(C)S(=O)(=O)c1ccc(Nc2nn([C@@H](CC#N)C3CC3)c3cc[nH]c(=O)c23)cc1. The van der Waals surface area contributed by atoms with Crippen molar-refractivity contribution in [2.75, 3.05) is 19.4 Å². The zero-order chi connectivity index (χ0) is 21.5. The van der Waals surface area contributed by atoms with Gasteiger partial charge in [-0.3, -0.25) is 9.48 Å². The number of benzene rings is 1. The number of sulfonamides is 1. The van der Waals surface area contributed by atoms with Gasteiger partial charge < -0.3 is 10.3 Å². The molecule has 156 valence electrons. The van der Waals surface area contributed by atoms with Crippen LogP contribution in [-0.2, 0) is 10.0 Å². The minimum atomic E-state index is -3.52. The number of nitrogens with one attached hydrogen (secondary N) is 2. The summed E-state index contributed by atoms with van der Waals surface area (Å²) in [5, 5.41) is 17.4. The van der Waals surface area contributed by atoms with Crippen molar-refractivity contribution in [2.45, 2.75) is 30.2 Å². The van der Waals surface area contributed by atoms with Gasteiger partial charge in [-0.15, -0.1) is 0 Å². The van der Waals surface area contributed by atoms with Crippen LogP contribution in [0.5, 0.6) is 0 Å². The minimum Gasteiger partial charge on any atom is -0.338 e. The van der Waals surface area contributed by atoms with Gasteiger partial charge in [0.25, 0.3) is 5.56 Å². The molecular formula is C20H22N6O3S. The number of nitrogens with zero attached hydrogens (tertiary/aromatic N) is 4. The molecule has 1 aromatic carbocycles. The first-order valence-electron chi connectivity index (χ1n) is 9.59. The molecule has 3 aromatic rings. The van der Waals surface area contributed by atoms with Crippen LogP contribution in [0.3, 0.4) is 0 Å². The highest BCUT2D eigenvalue weighted by atomic mass is 32.2. The molecule has 4 rings (SSSR count). The Morgan fingerprint density at radius 3 is 2.60 bits per heavy atom. The Balaban J connectivity index is 1.73. The van der Waals surface area contributed by atoms with E-state index >= 15 is 0 Å². The molecule has 0 radical (unpaired) electrons. The van der Waals surface area contributed by atoms with Crippen LogP contribution in [0.4, 0.5) is 11.5 Å². The van der Waals surface area contributed by atoms with Gasteiger partial charge in [0.2, 0.25) is 10.0 Å². The highest BCUT2D eigenvalue weighted by molar-refractivity contribution is 7.89. The molecule has 2 N–H and O–H groups in total. The lowest BCUT2D eigenvalue weighted by atomic mass is 10.1. The van der Waals surface area contributed by atoms with Crippen LogP contribution in [0, 0.1) is 17.2 Å². The molecule has 9 nitrogen and oxygen atoms in total. The van der Waals surface area contributed by atoms with Crippen molar-refractivity contribution in [1.29, 1.82) is 5.26 Å². The van der Waals surface area contributed by atoms with Gasteiger partial charge in [0.15, 0.2) is 5.82 Å². The fourth-order valence-electron chi connectivity index (χ4n) is 3.52. The van der Waals surface area contributed by atoms with Crippen LogP contribution in [0.25, 0.3) is 10.9 Å². The second kappa shape index (κ2) is 7.59. The van der Waals surface area contributed by atoms with Crippen LogP contribution in [0.1, 0.15) is 25.3 Å². The van der Waals surface area contributed by atoms with E-state index in [-0.39, 0.29) is 16.5 Å². The van der Waals surface area contributed by atoms with Crippen molar-refractivity contribution in [3.63, 3.8) is 0 Å². The smallest absolute Gasteiger partial charge is 0.261 e. The molecule has 0 spiro atoms. The summed E-state index contributed by atoms with van der Waals surface area (Å²) in [7, 11) is -0.571. The monoisotopic (exact) mass is 426 g/mol. The summed E-state index contributed by atoms with van der Waals surface area (Å²) >= 11 is 0. The lowest BCUT2D eigenvalue weighted by Crippen LogP contribution is -2.22. The number of nitriles is 1. The predicted octanol–water partition coefficient (Wildman–Crippen LogP) is 2.58. The second-order valence-corrected chi connectivity index (χ2v) is 9.72. The summed E-state index contributed by atoms with van der Waals surface area (Å²) in [6.45, 7) is 0. The third-order valence-corrected chi connectivity index (χ3v) is 7.14. The molecule has 0 amide bonds. The molecule has 1 atom stereocenters. The van der Waals surface area contributed by atoms with Crippen molar-refractivity contribution in [2.24, 2.45) is 5.92 Å². The number of H-pyrrole nitrogens is 1. The summed E-state index contributed by atoms with van der Waals surface area (Å²) in [4.78, 5) is 15.4. The quantitative estimate of drug-likeness (QED) is 0.598. The van der Waals surface area contributed by atoms with E-state index in [9.17, 15) is 18.5 Å². The summed E-state index contributed by atoms with van der Waals surface area (Å²) in [6.07, 6.45) is 3.98. The Morgan fingerprint density at radius 1 is 1.30 bits per heavy atom. The Hall–Kier alpha value is -3.16. The summed E-state index contributed by atoms with van der Waals surface area (Å²) in [6, 6.07) is 10.2. The predicted molar refractivity (Wildman–Crippen MR) is 113 cm³/mol. The Morgan fingerprint density at radius 2 is 2.00 bits per heavy atom. The van der Waals surface area contributed by atoms with E-state index in [2.05, 4.69) is 21.5 Å². The molecule has 1 fully saturated rings. The van der Waals surface area contributed by atoms with E-state index in [1.807, 2.05) is 0 Å². The highest BCUT2D eigenvalue weighted by Gasteiger charge is 2.34. The van der Waals surface area contributed by atoms with Gasteiger partial charge in [0, 0.05) is 26.0 Å². The number of aromatic amines is 1. The van der Waals surface area contributed by atoms with Crippen molar-refractivity contribution in [3.8, 4) is 6.07 Å². The van der Waals surface area contributed by atoms with Crippen molar-refractivity contribution in [1.82, 2.24) is 19.1 Å². The van der Waals surface area contributed by atoms with Gasteiger partial charge in [0.05, 0.1) is 28.9 Å². The number of hydrogen-bond acceptors (Lipinski definition) is 6. The first-order chi connectivity index (χ1) is 14.3. The van der Waals surface area contributed by atoms with E-state index in [4.69, 9.17) is 0 Å². The maximum Gasteiger partial charge on any atom is 0.261 e. The van der Waals surface area contributed by atoms with E-state index < -0.39 is 10.0 Å². The van der Waals surface area contributed by atoms with E-state index in [1.54, 1.807) is 29.1 Å². The van der Waals surface area contributed by atoms with Crippen LogP contribution < -0.4 is 10.9 Å². The van der Waals surface area contributed by atoms with Gasteiger partial charge in [-0.1, -0.05) is 0 Å². The molecule has 0 saturated heterocycles. The van der Waals surface area contributed by atoms with Crippen LogP contribution >= 0.6 is 0 Å². The van der Waals surface area contributed by atoms with Crippen LogP contribution in [0.2, 0.25) is 0 Å². The van der Waals surface area contributed by atoms with E-state index in [0.29, 0.717) is 34.7 Å². The molecule has 10 heteroatoms. The van der Waals surface area contributed by atoms with E-state index in [1.165, 1.54) is 26.2 Å². The number of fused-ring (bicyclic) bond motifs is 1. The number of pyridine rings is 1. The van der Waals surface area contributed by atoms with Gasteiger partial charge in [0.1, 0.15) is 5.39 Å². The average Bonchev–Trinajstić information content (AvgIpc) is 3.49. The van der Waals surface area contributed by atoms with Crippen molar-refractivity contribution in [3.05, 3.63) is 46.9 Å². The molecule has 0 aliphatic heterocycles. The summed E-state index contributed by atoms with van der Waals surface area (Å²) < 4.78 is 27.4. The third-order valence-electron chi connectivity index (χ3n) is 5.31. The van der Waals surface area contributed by atoms with E-state index in [0.717, 1.165) is 17.1 Å². The normalized spacial score (nSPS) is 15.3. The van der Waals surface area contributed by atoms with Crippen LogP contribution in [0.15, 0.2) is 46.2 Å². The third kappa shape index (κ3) is 3.58. The molecule has 2 aromatic heterocycles. The minimum absolute atomic E-state index is 0.0811. The lowest BCUT2D eigenvalue weighted by molar-refractivity contribution is 0.426. The largest absolute Gasteiger partial charge is 0.338 e. The first-order valence-corrected chi connectivity index (χ1v) is 11.0. The average molecular weight is 427 g/mol. The molecule has 1 aliphatic carbocycles.